The first-order valence-electron chi connectivity index (χ1n) is 7.38. The molecule has 0 unspecified atom stereocenters. The van der Waals surface area contributed by atoms with Crippen molar-refractivity contribution in [3.05, 3.63) is 39.0 Å². The largest absolute Gasteiger partial charge is 0.365 e. The molecule has 0 aromatic heterocycles. The van der Waals surface area contributed by atoms with Crippen molar-refractivity contribution in [2.24, 2.45) is 5.92 Å². The summed E-state index contributed by atoms with van der Waals surface area (Å²) in [5.74, 6) is -0.474. The van der Waals surface area contributed by atoms with Gasteiger partial charge in [0.1, 0.15) is 10.7 Å². The smallest absolute Gasteiger partial charge is 0.283 e. The van der Waals surface area contributed by atoms with E-state index >= 15 is 0 Å². The van der Waals surface area contributed by atoms with Crippen molar-refractivity contribution < 1.29 is 9.59 Å². The van der Waals surface area contributed by atoms with Gasteiger partial charge in [0.25, 0.3) is 11.8 Å². The van der Waals surface area contributed by atoms with Crippen LogP contribution in [0, 0.1) is 5.92 Å². The third-order valence-corrected chi connectivity index (χ3v) is 5.22. The maximum Gasteiger partial charge on any atom is 0.283 e. The summed E-state index contributed by atoms with van der Waals surface area (Å²) in [6.07, 6.45) is 2.09. The van der Waals surface area contributed by atoms with Crippen molar-refractivity contribution in [1.29, 1.82) is 0 Å². The van der Waals surface area contributed by atoms with E-state index in [0.717, 1.165) is 30.8 Å². The molecule has 1 aromatic carbocycles. The summed E-state index contributed by atoms with van der Waals surface area (Å²) >= 11 is 18.1. The van der Waals surface area contributed by atoms with E-state index in [1.807, 2.05) is 4.90 Å². The van der Waals surface area contributed by atoms with Crippen LogP contribution in [0.4, 0.5) is 5.69 Å². The van der Waals surface area contributed by atoms with Crippen LogP contribution >= 0.6 is 34.8 Å². The van der Waals surface area contributed by atoms with Crippen molar-refractivity contribution >= 4 is 52.3 Å². The van der Waals surface area contributed by atoms with Crippen LogP contribution in [0.5, 0.6) is 0 Å². The van der Waals surface area contributed by atoms with Gasteiger partial charge in [0, 0.05) is 13.1 Å². The first kappa shape index (κ1) is 16.6. The average molecular weight is 374 g/mol. The van der Waals surface area contributed by atoms with Gasteiger partial charge in [-0.15, -0.1) is 0 Å². The summed E-state index contributed by atoms with van der Waals surface area (Å²) in [6.45, 7) is 3.57. The Kier molecular flexibility index (Phi) is 4.59. The van der Waals surface area contributed by atoms with Gasteiger partial charge in [0.15, 0.2) is 0 Å². The molecule has 4 nitrogen and oxygen atoms in total. The number of likely N-dealkylation sites (tertiary alicyclic amines) is 1. The minimum atomic E-state index is -0.525. The fourth-order valence-corrected chi connectivity index (χ4v) is 3.59. The van der Waals surface area contributed by atoms with E-state index in [1.54, 1.807) is 12.1 Å². The summed E-state index contributed by atoms with van der Waals surface area (Å²) in [5, 5.41) is 0.606. The Labute approximate surface area is 149 Å². The molecule has 7 heteroatoms. The molecule has 1 fully saturated rings. The van der Waals surface area contributed by atoms with Crippen molar-refractivity contribution in [2.45, 2.75) is 19.8 Å². The highest BCUT2D eigenvalue weighted by molar-refractivity contribution is 6.52. The molecule has 0 radical (unpaired) electrons. The van der Waals surface area contributed by atoms with Gasteiger partial charge in [-0.2, -0.15) is 0 Å². The molecule has 2 aliphatic rings. The molecule has 2 heterocycles. The number of halogens is 3. The third kappa shape index (κ3) is 2.95. The standard InChI is InChI=1S/C16H15Cl3N2O2/c1-9-3-2-6-20(8-9)14-13(19)15(22)21(16(14)23)10-4-5-11(17)12(18)7-10/h4-5,7,9H,2-3,6,8H2,1H3/t9-/m0/s1. The molecular weight excluding hydrogens is 359 g/mol. The summed E-state index contributed by atoms with van der Waals surface area (Å²) in [7, 11) is 0. The van der Waals surface area contributed by atoms with Crippen LogP contribution in [0.25, 0.3) is 0 Å². The highest BCUT2D eigenvalue weighted by Gasteiger charge is 2.42. The Morgan fingerprint density at radius 2 is 1.83 bits per heavy atom. The fourth-order valence-electron chi connectivity index (χ4n) is 3.02. The first-order valence-corrected chi connectivity index (χ1v) is 8.52. The minimum Gasteiger partial charge on any atom is -0.365 e. The monoisotopic (exact) mass is 372 g/mol. The topological polar surface area (TPSA) is 40.6 Å². The highest BCUT2D eigenvalue weighted by atomic mass is 35.5. The summed E-state index contributed by atoms with van der Waals surface area (Å²) in [5.41, 5.74) is 0.655. The summed E-state index contributed by atoms with van der Waals surface area (Å²) < 4.78 is 0. The van der Waals surface area contributed by atoms with Crippen LogP contribution in [-0.4, -0.2) is 29.8 Å². The molecule has 0 spiro atoms. The second-order valence-electron chi connectivity index (χ2n) is 5.90. The van der Waals surface area contributed by atoms with E-state index in [4.69, 9.17) is 34.8 Å². The van der Waals surface area contributed by atoms with Crippen LogP contribution in [0.2, 0.25) is 10.0 Å². The normalized spacial score (nSPS) is 22.3. The van der Waals surface area contributed by atoms with Crippen molar-refractivity contribution in [3.63, 3.8) is 0 Å². The molecule has 0 aliphatic carbocycles. The number of benzene rings is 1. The molecule has 0 saturated carbocycles. The molecule has 3 rings (SSSR count). The molecule has 1 saturated heterocycles. The Morgan fingerprint density at radius 3 is 2.48 bits per heavy atom. The lowest BCUT2D eigenvalue weighted by Gasteiger charge is -2.33. The predicted molar refractivity (Wildman–Crippen MR) is 91.8 cm³/mol. The molecule has 2 aliphatic heterocycles. The molecule has 1 aromatic rings. The number of piperidine rings is 1. The Balaban J connectivity index is 1.93. The zero-order valence-corrected chi connectivity index (χ0v) is 14.8. The van der Waals surface area contributed by atoms with Crippen molar-refractivity contribution in [2.75, 3.05) is 18.0 Å². The Morgan fingerprint density at radius 1 is 1.09 bits per heavy atom. The average Bonchev–Trinajstić information content (AvgIpc) is 2.72. The van der Waals surface area contributed by atoms with Gasteiger partial charge in [0.05, 0.1) is 15.7 Å². The lowest BCUT2D eigenvalue weighted by Crippen LogP contribution is -2.39. The van der Waals surface area contributed by atoms with Gasteiger partial charge in [-0.25, -0.2) is 4.90 Å². The van der Waals surface area contributed by atoms with E-state index in [2.05, 4.69) is 6.92 Å². The van der Waals surface area contributed by atoms with Crippen LogP contribution in [0.15, 0.2) is 28.9 Å². The van der Waals surface area contributed by atoms with E-state index in [9.17, 15) is 9.59 Å². The number of nitrogens with zero attached hydrogens (tertiary/aromatic N) is 2. The third-order valence-electron chi connectivity index (χ3n) is 4.14. The molecule has 0 N–H and O–H groups in total. The number of hydrogen-bond acceptors (Lipinski definition) is 3. The van der Waals surface area contributed by atoms with Gasteiger partial charge in [0.2, 0.25) is 0 Å². The van der Waals surface area contributed by atoms with E-state index in [1.165, 1.54) is 6.07 Å². The minimum absolute atomic E-state index is 0.0322. The number of imide groups is 1. The zero-order chi connectivity index (χ0) is 16.7. The van der Waals surface area contributed by atoms with Crippen LogP contribution < -0.4 is 4.90 Å². The Hall–Kier alpha value is -1.23. The zero-order valence-electron chi connectivity index (χ0n) is 12.5. The van der Waals surface area contributed by atoms with E-state index in [-0.39, 0.29) is 15.8 Å². The predicted octanol–water partition coefficient (Wildman–Crippen LogP) is 4.05. The van der Waals surface area contributed by atoms with Gasteiger partial charge in [-0.05, 0) is 37.0 Å². The van der Waals surface area contributed by atoms with E-state index in [0.29, 0.717) is 16.6 Å². The maximum atomic E-state index is 12.8. The number of amides is 2. The number of rotatable bonds is 2. The van der Waals surface area contributed by atoms with Crippen LogP contribution in [0.3, 0.4) is 0 Å². The number of anilines is 1. The molecular formula is C16H15Cl3N2O2. The second-order valence-corrected chi connectivity index (χ2v) is 7.09. The van der Waals surface area contributed by atoms with Gasteiger partial charge in [-0.1, -0.05) is 41.7 Å². The molecule has 0 bridgehead atoms. The molecule has 23 heavy (non-hydrogen) atoms. The van der Waals surface area contributed by atoms with Gasteiger partial charge >= 0.3 is 0 Å². The second kappa shape index (κ2) is 6.34. The number of carbonyl (C=O) groups excluding carboxylic acids is 2. The first-order chi connectivity index (χ1) is 10.9. The SMILES string of the molecule is C[C@H]1CCCN(C2=C(Cl)C(=O)N(c3ccc(Cl)c(Cl)c3)C2=O)C1. The van der Waals surface area contributed by atoms with Crippen LogP contribution in [-0.2, 0) is 9.59 Å². The maximum absolute atomic E-state index is 12.8. The van der Waals surface area contributed by atoms with Crippen molar-refractivity contribution in [3.8, 4) is 0 Å². The highest BCUT2D eigenvalue weighted by Crippen LogP contribution is 2.35. The Bertz CT molecular complexity index is 717. The van der Waals surface area contributed by atoms with Crippen LogP contribution in [0.1, 0.15) is 19.8 Å². The lowest BCUT2D eigenvalue weighted by atomic mass is 10.00. The summed E-state index contributed by atoms with van der Waals surface area (Å²) in [4.78, 5) is 28.2. The quantitative estimate of drug-likeness (QED) is 0.734. The number of hydrogen-bond donors (Lipinski definition) is 0. The molecule has 122 valence electrons. The molecule has 1 atom stereocenters. The van der Waals surface area contributed by atoms with Crippen molar-refractivity contribution in [1.82, 2.24) is 4.90 Å². The number of carbonyl (C=O) groups is 2. The molecule has 2 amide bonds. The van der Waals surface area contributed by atoms with Gasteiger partial charge in [-0.3, -0.25) is 9.59 Å². The summed E-state index contributed by atoms with van der Waals surface area (Å²) in [6, 6.07) is 4.62. The van der Waals surface area contributed by atoms with E-state index < -0.39 is 11.8 Å². The van der Waals surface area contributed by atoms with Gasteiger partial charge < -0.3 is 4.90 Å². The lowest BCUT2D eigenvalue weighted by molar-refractivity contribution is -0.121. The fraction of sp³-hybridized carbons (Fsp3) is 0.375.